The normalized spacial score (nSPS) is 14.3. The summed E-state index contributed by atoms with van der Waals surface area (Å²) in [7, 11) is 0. The van der Waals surface area contributed by atoms with Gasteiger partial charge >= 0.3 is 0 Å². The second kappa shape index (κ2) is 8.13. The molecule has 0 radical (unpaired) electrons. The van der Waals surface area contributed by atoms with Gasteiger partial charge in [-0.25, -0.2) is 8.78 Å². The molecule has 0 saturated heterocycles. The molecule has 1 unspecified atom stereocenters. The zero-order valence-electron chi connectivity index (χ0n) is 14.3. The molecule has 2 aromatic carbocycles. The molecule has 0 bridgehead atoms. The number of ether oxygens (including phenoxy) is 1. The highest BCUT2D eigenvalue weighted by Gasteiger charge is 2.25. The maximum Gasteiger partial charge on any atom is 0.265 e. The number of aliphatic hydroxyl groups is 1. The van der Waals surface area contributed by atoms with Gasteiger partial charge in [-0.15, -0.1) is 0 Å². The van der Waals surface area contributed by atoms with E-state index in [2.05, 4.69) is 5.32 Å². The number of fused-ring (bicyclic) bond motifs is 1. The monoisotopic (exact) mass is 376 g/mol. The van der Waals surface area contributed by atoms with E-state index in [1.807, 2.05) is 0 Å². The molecule has 6 nitrogen and oxygen atoms in total. The summed E-state index contributed by atoms with van der Waals surface area (Å²) in [5.74, 6) is -2.13. The van der Waals surface area contributed by atoms with E-state index >= 15 is 0 Å². The predicted octanol–water partition coefficient (Wildman–Crippen LogP) is 1.93. The smallest absolute Gasteiger partial charge is 0.265 e. The molecule has 0 fully saturated rings. The third-order valence-corrected chi connectivity index (χ3v) is 4.19. The highest BCUT2D eigenvalue weighted by atomic mass is 19.2. The summed E-state index contributed by atoms with van der Waals surface area (Å²) >= 11 is 0. The van der Waals surface area contributed by atoms with E-state index in [1.165, 1.54) is 11.0 Å². The van der Waals surface area contributed by atoms with Crippen LogP contribution in [0.1, 0.15) is 18.1 Å². The van der Waals surface area contributed by atoms with Crippen LogP contribution in [0.15, 0.2) is 42.5 Å². The number of rotatable bonds is 6. The lowest BCUT2D eigenvalue weighted by Gasteiger charge is -2.29. The average Bonchev–Trinajstić information content (AvgIpc) is 2.67. The number of amides is 2. The number of benzene rings is 2. The second-order valence-electron chi connectivity index (χ2n) is 6.05. The van der Waals surface area contributed by atoms with E-state index in [1.54, 1.807) is 24.3 Å². The molecule has 2 aromatic rings. The fraction of sp³-hybridized carbons (Fsp3) is 0.263. The first kappa shape index (κ1) is 18.8. The van der Waals surface area contributed by atoms with Crippen molar-refractivity contribution in [1.29, 1.82) is 0 Å². The molecule has 1 aliphatic heterocycles. The van der Waals surface area contributed by atoms with Crippen molar-refractivity contribution >= 4 is 17.5 Å². The van der Waals surface area contributed by atoms with Gasteiger partial charge in [0, 0.05) is 19.5 Å². The summed E-state index contributed by atoms with van der Waals surface area (Å²) in [5.41, 5.74) is 0.759. The van der Waals surface area contributed by atoms with Crippen molar-refractivity contribution in [3.8, 4) is 5.75 Å². The standard InChI is InChI=1S/C19H18F2N2O4/c20-13-6-5-12(9-14(13)21)16(24)10-22-18(25)7-8-23-15-3-1-2-4-17(15)27-11-19(23)26/h1-6,9,16,24H,7-8,10-11H2,(H,22,25). The van der Waals surface area contributed by atoms with E-state index in [0.717, 1.165) is 12.1 Å². The van der Waals surface area contributed by atoms with Crippen molar-refractivity contribution < 1.29 is 28.2 Å². The number of para-hydroxylation sites is 2. The Labute approximate surface area is 154 Å². The topological polar surface area (TPSA) is 78.9 Å². The average molecular weight is 376 g/mol. The molecule has 2 amide bonds. The van der Waals surface area contributed by atoms with E-state index in [0.29, 0.717) is 11.4 Å². The number of hydrogen-bond donors (Lipinski definition) is 2. The lowest BCUT2D eigenvalue weighted by molar-refractivity contribution is -0.122. The number of hydrogen-bond acceptors (Lipinski definition) is 4. The molecule has 0 aromatic heterocycles. The van der Waals surface area contributed by atoms with Crippen LogP contribution < -0.4 is 15.0 Å². The molecular formula is C19H18F2N2O4. The maximum absolute atomic E-state index is 13.2. The fourth-order valence-corrected chi connectivity index (χ4v) is 2.75. The Balaban J connectivity index is 1.52. The zero-order chi connectivity index (χ0) is 19.4. The number of carbonyl (C=O) groups excluding carboxylic acids is 2. The molecule has 0 aliphatic carbocycles. The van der Waals surface area contributed by atoms with Crippen LogP contribution in [-0.2, 0) is 9.59 Å². The van der Waals surface area contributed by atoms with Crippen LogP contribution in [0.4, 0.5) is 14.5 Å². The SMILES string of the molecule is O=C(CCN1C(=O)COc2ccccc21)NCC(O)c1ccc(F)c(F)c1. The summed E-state index contributed by atoms with van der Waals surface area (Å²) in [6.45, 7) is -0.0860. The minimum atomic E-state index is -1.17. The first-order valence-electron chi connectivity index (χ1n) is 8.37. The number of nitrogens with zero attached hydrogens (tertiary/aromatic N) is 1. The molecule has 8 heteroatoms. The summed E-state index contributed by atoms with van der Waals surface area (Å²) in [6.07, 6.45) is -1.15. The Bertz CT molecular complexity index is 859. The highest BCUT2D eigenvalue weighted by molar-refractivity contribution is 5.98. The van der Waals surface area contributed by atoms with Crippen molar-refractivity contribution in [2.75, 3.05) is 24.6 Å². The molecule has 1 aliphatic rings. The Morgan fingerprint density at radius 3 is 2.78 bits per heavy atom. The van der Waals surface area contributed by atoms with E-state index in [4.69, 9.17) is 4.74 Å². The van der Waals surface area contributed by atoms with Crippen LogP contribution in [0.5, 0.6) is 5.75 Å². The lowest BCUT2D eigenvalue weighted by Crippen LogP contribution is -2.41. The van der Waals surface area contributed by atoms with Crippen LogP contribution in [-0.4, -0.2) is 36.6 Å². The summed E-state index contributed by atoms with van der Waals surface area (Å²) in [4.78, 5) is 25.6. The second-order valence-corrected chi connectivity index (χ2v) is 6.05. The Morgan fingerprint density at radius 2 is 2.00 bits per heavy atom. The Hall–Kier alpha value is -3.00. The molecule has 0 spiro atoms. The molecule has 2 N–H and O–H groups in total. The van der Waals surface area contributed by atoms with Gasteiger partial charge in [-0.1, -0.05) is 18.2 Å². The quantitative estimate of drug-likeness (QED) is 0.808. The van der Waals surface area contributed by atoms with Gasteiger partial charge in [0.05, 0.1) is 11.8 Å². The molecule has 1 atom stereocenters. The van der Waals surface area contributed by atoms with Crippen molar-refractivity contribution in [1.82, 2.24) is 5.32 Å². The van der Waals surface area contributed by atoms with Crippen molar-refractivity contribution in [2.45, 2.75) is 12.5 Å². The number of carbonyl (C=O) groups is 2. The van der Waals surface area contributed by atoms with Crippen LogP contribution in [0.25, 0.3) is 0 Å². The van der Waals surface area contributed by atoms with Gasteiger partial charge in [-0.05, 0) is 29.8 Å². The molecule has 3 rings (SSSR count). The van der Waals surface area contributed by atoms with Gasteiger partial charge in [-0.3, -0.25) is 9.59 Å². The minimum Gasteiger partial charge on any atom is -0.482 e. The fourth-order valence-electron chi connectivity index (χ4n) is 2.75. The number of aliphatic hydroxyl groups excluding tert-OH is 1. The molecular weight excluding hydrogens is 358 g/mol. The van der Waals surface area contributed by atoms with E-state index in [-0.39, 0.29) is 43.5 Å². The maximum atomic E-state index is 13.2. The van der Waals surface area contributed by atoms with Crippen molar-refractivity contribution in [3.05, 3.63) is 59.7 Å². The number of nitrogens with one attached hydrogen (secondary N) is 1. The van der Waals surface area contributed by atoms with Gasteiger partial charge in [0.1, 0.15) is 5.75 Å². The number of anilines is 1. The van der Waals surface area contributed by atoms with Crippen molar-refractivity contribution in [3.63, 3.8) is 0 Å². The van der Waals surface area contributed by atoms with Gasteiger partial charge < -0.3 is 20.1 Å². The number of halogens is 2. The predicted molar refractivity (Wildman–Crippen MR) is 93.2 cm³/mol. The Kier molecular flexibility index (Phi) is 5.66. The Morgan fingerprint density at radius 1 is 1.22 bits per heavy atom. The molecule has 142 valence electrons. The third kappa shape index (κ3) is 4.40. The lowest BCUT2D eigenvalue weighted by atomic mass is 10.1. The van der Waals surface area contributed by atoms with E-state index < -0.39 is 17.7 Å². The van der Waals surface area contributed by atoms with Crippen LogP contribution in [0.2, 0.25) is 0 Å². The first-order valence-corrected chi connectivity index (χ1v) is 8.37. The van der Waals surface area contributed by atoms with Gasteiger partial charge in [0.15, 0.2) is 18.2 Å². The van der Waals surface area contributed by atoms with Crippen molar-refractivity contribution in [2.24, 2.45) is 0 Å². The highest BCUT2D eigenvalue weighted by Crippen LogP contribution is 2.31. The first-order chi connectivity index (χ1) is 13.0. The largest absolute Gasteiger partial charge is 0.482 e. The third-order valence-electron chi connectivity index (χ3n) is 4.19. The van der Waals surface area contributed by atoms with E-state index in [9.17, 15) is 23.5 Å². The molecule has 27 heavy (non-hydrogen) atoms. The molecule has 0 saturated carbocycles. The van der Waals surface area contributed by atoms with Gasteiger partial charge in [-0.2, -0.15) is 0 Å². The van der Waals surface area contributed by atoms with Crippen LogP contribution in [0.3, 0.4) is 0 Å². The zero-order valence-corrected chi connectivity index (χ0v) is 14.3. The van der Waals surface area contributed by atoms with Gasteiger partial charge in [0.25, 0.3) is 5.91 Å². The van der Waals surface area contributed by atoms with Gasteiger partial charge in [0.2, 0.25) is 5.91 Å². The summed E-state index contributed by atoms with van der Waals surface area (Å²) < 4.78 is 31.5. The van der Waals surface area contributed by atoms with Crippen LogP contribution in [0, 0.1) is 11.6 Å². The summed E-state index contributed by atoms with van der Waals surface area (Å²) in [6, 6.07) is 10.1. The molecule has 1 heterocycles. The minimum absolute atomic E-state index is 0.0184. The van der Waals surface area contributed by atoms with Crippen LogP contribution >= 0.6 is 0 Å². The summed E-state index contributed by atoms with van der Waals surface area (Å²) in [5, 5.41) is 12.5.